The lowest BCUT2D eigenvalue weighted by Crippen LogP contribution is -2.47. The van der Waals surface area contributed by atoms with E-state index in [1.54, 1.807) is 0 Å². The molecule has 0 radical (unpaired) electrons. The molecule has 0 spiro atoms. The van der Waals surface area contributed by atoms with Gasteiger partial charge in [0.2, 0.25) is 0 Å². The quantitative estimate of drug-likeness (QED) is 0.463. The number of aliphatic hydroxyl groups excluding tert-OH is 1. The fourth-order valence-electron chi connectivity index (χ4n) is 3.92. The molecule has 0 amide bonds. The van der Waals surface area contributed by atoms with Gasteiger partial charge in [-0.15, -0.1) is 0 Å². The molecule has 0 aromatic carbocycles. The summed E-state index contributed by atoms with van der Waals surface area (Å²) in [6, 6.07) is 0. The van der Waals surface area contributed by atoms with Crippen LogP contribution in [0.4, 0.5) is 0 Å². The second kappa shape index (κ2) is 6.29. The molecule has 2 aliphatic carbocycles. The van der Waals surface area contributed by atoms with Gasteiger partial charge in [0.25, 0.3) is 0 Å². The van der Waals surface area contributed by atoms with E-state index >= 15 is 0 Å². The van der Waals surface area contributed by atoms with Gasteiger partial charge in [0.15, 0.2) is 0 Å². The van der Waals surface area contributed by atoms with E-state index in [2.05, 4.69) is 29.5 Å². The number of ether oxygens (including phenoxy) is 1. The maximum absolute atomic E-state index is 11.8. The predicted octanol–water partition coefficient (Wildman–Crippen LogP) is 3.32. The first kappa shape index (κ1) is 15.5. The summed E-state index contributed by atoms with van der Waals surface area (Å²) in [5.74, 6) is 0.676. The number of alkyl halides is 1. The van der Waals surface area contributed by atoms with Crippen molar-refractivity contribution in [3.8, 4) is 0 Å². The fraction of sp³-hybridized carbons (Fsp3) is 0.933. The summed E-state index contributed by atoms with van der Waals surface area (Å²) in [6.45, 7) is 4.69. The molecule has 2 saturated carbocycles. The highest BCUT2D eigenvalue weighted by atomic mass is 127. The molecule has 2 fully saturated rings. The summed E-state index contributed by atoms with van der Waals surface area (Å²) in [7, 11) is 0. The number of fused-ring (bicyclic) bond motifs is 2. The number of hydrogen-bond acceptors (Lipinski definition) is 3. The molecule has 110 valence electrons. The van der Waals surface area contributed by atoms with Crippen molar-refractivity contribution in [2.45, 2.75) is 62.4 Å². The van der Waals surface area contributed by atoms with Crippen molar-refractivity contribution < 1.29 is 14.6 Å². The molecule has 0 heterocycles. The summed E-state index contributed by atoms with van der Waals surface area (Å²) >= 11 is 2.15. The summed E-state index contributed by atoms with van der Waals surface area (Å²) in [6.07, 6.45) is 6.13. The number of carbonyl (C=O) groups excluding carboxylic acids is 1. The van der Waals surface area contributed by atoms with Crippen molar-refractivity contribution in [1.82, 2.24) is 0 Å². The van der Waals surface area contributed by atoms with Crippen LogP contribution in [0.25, 0.3) is 0 Å². The minimum absolute atomic E-state index is 0.0278. The lowest BCUT2D eigenvalue weighted by molar-refractivity contribution is -0.152. The molecule has 5 unspecified atom stereocenters. The Hall–Kier alpha value is 0.160. The van der Waals surface area contributed by atoms with Crippen LogP contribution in [0.2, 0.25) is 0 Å². The lowest BCUT2D eigenvalue weighted by atomic mass is 9.58. The van der Waals surface area contributed by atoms with E-state index < -0.39 is 0 Å². The normalized spacial score (nSPS) is 39.7. The molecule has 3 nitrogen and oxygen atoms in total. The third-order valence-corrected chi connectivity index (χ3v) is 6.32. The number of aliphatic hydroxyl groups is 1. The van der Waals surface area contributed by atoms with Crippen LogP contribution in [-0.4, -0.2) is 27.7 Å². The van der Waals surface area contributed by atoms with E-state index in [4.69, 9.17) is 4.74 Å². The first-order valence-electron chi connectivity index (χ1n) is 7.46. The molecule has 0 aromatic rings. The second-order valence-corrected chi connectivity index (χ2v) is 8.02. The van der Waals surface area contributed by atoms with Crippen LogP contribution in [0.1, 0.15) is 52.4 Å². The monoisotopic (exact) mass is 380 g/mol. The third kappa shape index (κ3) is 3.43. The van der Waals surface area contributed by atoms with Crippen molar-refractivity contribution >= 4 is 28.6 Å². The van der Waals surface area contributed by atoms with Gasteiger partial charge in [-0.3, -0.25) is 4.79 Å². The zero-order valence-corrected chi connectivity index (χ0v) is 14.1. The Balaban J connectivity index is 1.96. The highest BCUT2D eigenvalue weighted by Crippen LogP contribution is 2.51. The molecule has 5 atom stereocenters. The number of carbonyl (C=O) groups is 1. The van der Waals surface area contributed by atoms with Gasteiger partial charge >= 0.3 is 5.97 Å². The molecule has 2 aliphatic rings. The van der Waals surface area contributed by atoms with Gasteiger partial charge in [-0.1, -0.05) is 42.9 Å². The summed E-state index contributed by atoms with van der Waals surface area (Å²) in [5.41, 5.74) is 0.140. The van der Waals surface area contributed by atoms with E-state index in [1.165, 1.54) is 0 Å². The average Bonchev–Trinajstić information content (AvgIpc) is 2.42. The molecular weight excluding hydrogens is 355 g/mol. The van der Waals surface area contributed by atoms with Crippen LogP contribution >= 0.6 is 22.6 Å². The molecule has 0 aliphatic heterocycles. The molecule has 4 heteroatoms. The van der Waals surface area contributed by atoms with Gasteiger partial charge in [0.05, 0.1) is 12.7 Å². The molecule has 0 aromatic heterocycles. The Kier molecular flexibility index (Phi) is 5.15. The number of halogens is 1. The average molecular weight is 380 g/mol. The summed E-state index contributed by atoms with van der Waals surface area (Å²) in [5, 5.41) is 10.2. The molecular formula is C15H25IO3. The standard InChI is InChI=1S/C15H25IO3/c1-3-12(16)14(18)19-9-15-6-4-5-11(8-15)13(17)10(2)7-15/h10-13,17H,3-9H2,1-2H3. The van der Waals surface area contributed by atoms with E-state index in [-0.39, 0.29) is 21.4 Å². The van der Waals surface area contributed by atoms with Gasteiger partial charge in [0, 0.05) is 5.41 Å². The molecule has 2 bridgehead atoms. The Morgan fingerprint density at radius 3 is 2.95 bits per heavy atom. The van der Waals surface area contributed by atoms with Crippen LogP contribution in [0.3, 0.4) is 0 Å². The van der Waals surface area contributed by atoms with Crippen molar-refractivity contribution in [2.24, 2.45) is 17.3 Å². The van der Waals surface area contributed by atoms with Gasteiger partial charge < -0.3 is 9.84 Å². The van der Waals surface area contributed by atoms with Crippen LogP contribution in [0, 0.1) is 17.3 Å². The largest absolute Gasteiger partial charge is 0.464 e. The van der Waals surface area contributed by atoms with Crippen molar-refractivity contribution in [1.29, 1.82) is 0 Å². The smallest absolute Gasteiger partial charge is 0.318 e. The molecule has 19 heavy (non-hydrogen) atoms. The van der Waals surface area contributed by atoms with Crippen molar-refractivity contribution in [2.75, 3.05) is 6.61 Å². The Labute approximate surface area is 129 Å². The summed E-state index contributed by atoms with van der Waals surface area (Å²) < 4.78 is 5.54. The van der Waals surface area contributed by atoms with Crippen LogP contribution in [-0.2, 0) is 9.53 Å². The molecule has 1 N–H and O–H groups in total. The SMILES string of the molecule is CCC(I)C(=O)OCC12CCCC(C1)C(O)C(C)C2. The van der Waals surface area contributed by atoms with Crippen LogP contribution < -0.4 is 0 Å². The highest BCUT2D eigenvalue weighted by Gasteiger charge is 2.47. The predicted molar refractivity (Wildman–Crippen MR) is 83.2 cm³/mol. The lowest BCUT2D eigenvalue weighted by Gasteiger charge is -2.49. The zero-order chi connectivity index (χ0) is 14.0. The third-order valence-electron chi connectivity index (χ3n) is 4.93. The molecule has 2 rings (SSSR count). The van der Waals surface area contributed by atoms with Crippen molar-refractivity contribution in [3.63, 3.8) is 0 Å². The maximum Gasteiger partial charge on any atom is 0.318 e. The van der Waals surface area contributed by atoms with Gasteiger partial charge in [-0.25, -0.2) is 0 Å². The van der Waals surface area contributed by atoms with Crippen LogP contribution in [0.5, 0.6) is 0 Å². The Morgan fingerprint density at radius 1 is 1.53 bits per heavy atom. The van der Waals surface area contributed by atoms with Gasteiger partial charge in [0.1, 0.15) is 3.92 Å². The van der Waals surface area contributed by atoms with E-state index in [0.717, 1.165) is 38.5 Å². The first-order chi connectivity index (χ1) is 8.97. The minimum Gasteiger partial charge on any atom is -0.464 e. The number of esters is 1. The van der Waals surface area contributed by atoms with E-state index in [1.807, 2.05) is 6.92 Å². The maximum atomic E-state index is 11.8. The first-order valence-corrected chi connectivity index (χ1v) is 8.71. The Bertz CT molecular complexity index is 329. The Morgan fingerprint density at radius 2 is 2.26 bits per heavy atom. The van der Waals surface area contributed by atoms with Gasteiger partial charge in [-0.05, 0) is 43.9 Å². The van der Waals surface area contributed by atoms with E-state index in [0.29, 0.717) is 18.4 Å². The second-order valence-electron chi connectivity index (χ2n) is 6.51. The number of hydrogen-bond donors (Lipinski definition) is 1. The molecule has 0 saturated heterocycles. The topological polar surface area (TPSA) is 46.5 Å². The van der Waals surface area contributed by atoms with Crippen LogP contribution in [0.15, 0.2) is 0 Å². The van der Waals surface area contributed by atoms with E-state index in [9.17, 15) is 9.90 Å². The summed E-state index contributed by atoms with van der Waals surface area (Å²) in [4.78, 5) is 11.8. The highest BCUT2D eigenvalue weighted by molar-refractivity contribution is 14.1. The van der Waals surface area contributed by atoms with Gasteiger partial charge in [-0.2, -0.15) is 0 Å². The van der Waals surface area contributed by atoms with Crippen molar-refractivity contribution in [3.05, 3.63) is 0 Å². The number of rotatable bonds is 4. The zero-order valence-electron chi connectivity index (χ0n) is 11.9. The fourth-order valence-corrected chi connectivity index (χ4v) is 4.10. The minimum atomic E-state index is -0.155.